The van der Waals surface area contributed by atoms with Gasteiger partial charge in [-0.1, -0.05) is 36.8 Å². The molecule has 0 bridgehead atoms. The number of aromatic nitrogens is 1. The van der Waals surface area contributed by atoms with E-state index in [2.05, 4.69) is 29.4 Å². The van der Waals surface area contributed by atoms with Crippen molar-refractivity contribution in [3.05, 3.63) is 40.4 Å². The van der Waals surface area contributed by atoms with E-state index in [-0.39, 0.29) is 4.88 Å². The van der Waals surface area contributed by atoms with Crippen LogP contribution < -0.4 is 10.1 Å². The predicted molar refractivity (Wildman–Crippen MR) is 88.2 cm³/mol. The van der Waals surface area contributed by atoms with Crippen LogP contribution in [0.2, 0.25) is 0 Å². The van der Waals surface area contributed by atoms with E-state index < -0.39 is 5.97 Å². The maximum absolute atomic E-state index is 10.9. The van der Waals surface area contributed by atoms with Gasteiger partial charge in [0.05, 0.1) is 12.2 Å². The molecule has 0 amide bonds. The Morgan fingerprint density at radius 2 is 2.09 bits per heavy atom. The van der Waals surface area contributed by atoms with Gasteiger partial charge in [0, 0.05) is 0 Å². The van der Waals surface area contributed by atoms with Gasteiger partial charge >= 0.3 is 5.97 Å². The van der Waals surface area contributed by atoms with Gasteiger partial charge in [-0.25, -0.2) is 9.78 Å². The highest BCUT2D eigenvalue weighted by Gasteiger charge is 2.13. The zero-order chi connectivity index (χ0) is 15.9. The third kappa shape index (κ3) is 4.46. The van der Waals surface area contributed by atoms with E-state index in [0.717, 1.165) is 29.9 Å². The molecule has 0 saturated carbocycles. The molecule has 1 heterocycles. The number of aromatic carboxylic acids is 1. The minimum atomic E-state index is -0.938. The monoisotopic (exact) mass is 320 g/mol. The Morgan fingerprint density at radius 3 is 2.68 bits per heavy atom. The zero-order valence-electron chi connectivity index (χ0n) is 12.8. The fraction of sp³-hybridized carbons (Fsp3) is 0.375. The number of nitrogens with zero attached hydrogens (tertiary/aromatic N) is 1. The number of rotatable bonds is 8. The first kappa shape index (κ1) is 16.3. The van der Waals surface area contributed by atoms with Crippen LogP contribution in [-0.2, 0) is 6.42 Å². The van der Waals surface area contributed by atoms with Crippen LogP contribution in [0.5, 0.6) is 5.75 Å². The van der Waals surface area contributed by atoms with Crippen molar-refractivity contribution in [2.24, 2.45) is 0 Å². The lowest BCUT2D eigenvalue weighted by atomic mass is 10.1. The quantitative estimate of drug-likeness (QED) is 0.727. The maximum Gasteiger partial charge on any atom is 0.347 e. The largest absolute Gasteiger partial charge is 0.492 e. The number of aryl methyl sites for hydroxylation is 2. The van der Waals surface area contributed by atoms with Crippen LogP contribution in [0.25, 0.3) is 0 Å². The van der Waals surface area contributed by atoms with Gasteiger partial charge in [-0.3, -0.25) is 0 Å². The average Bonchev–Trinajstić information content (AvgIpc) is 2.87. The van der Waals surface area contributed by atoms with E-state index >= 15 is 0 Å². The molecular formula is C16H20N2O3S. The molecule has 0 saturated heterocycles. The molecule has 0 aliphatic heterocycles. The van der Waals surface area contributed by atoms with Gasteiger partial charge in [0.1, 0.15) is 17.2 Å². The number of carbonyl (C=O) groups is 1. The van der Waals surface area contributed by atoms with Gasteiger partial charge in [-0.15, -0.1) is 0 Å². The average molecular weight is 320 g/mol. The molecule has 2 aromatic rings. The first-order chi connectivity index (χ1) is 10.6. The normalized spacial score (nSPS) is 10.5. The van der Waals surface area contributed by atoms with E-state index in [1.54, 1.807) is 6.92 Å². The Hall–Kier alpha value is -2.08. The van der Waals surface area contributed by atoms with E-state index in [9.17, 15) is 4.79 Å². The molecule has 1 aromatic heterocycles. The van der Waals surface area contributed by atoms with Crippen LogP contribution in [-0.4, -0.2) is 29.2 Å². The summed E-state index contributed by atoms with van der Waals surface area (Å²) in [6, 6.07) is 8.10. The van der Waals surface area contributed by atoms with Gasteiger partial charge in [0.2, 0.25) is 0 Å². The van der Waals surface area contributed by atoms with E-state index in [1.807, 2.05) is 12.1 Å². The Labute approximate surface area is 134 Å². The van der Waals surface area contributed by atoms with Gasteiger partial charge in [-0.05, 0) is 31.0 Å². The molecule has 1 aromatic carbocycles. The zero-order valence-corrected chi connectivity index (χ0v) is 13.6. The Bertz CT molecular complexity index is 623. The molecule has 0 spiro atoms. The first-order valence-electron chi connectivity index (χ1n) is 7.26. The summed E-state index contributed by atoms with van der Waals surface area (Å²) in [6.07, 6.45) is 2.22. The molecule has 22 heavy (non-hydrogen) atoms. The summed E-state index contributed by atoms with van der Waals surface area (Å²) in [7, 11) is 0. The third-order valence-corrected chi connectivity index (χ3v) is 4.20. The number of carboxylic acid groups (broad SMARTS) is 1. The molecule has 118 valence electrons. The third-order valence-electron chi connectivity index (χ3n) is 3.10. The smallest absolute Gasteiger partial charge is 0.347 e. The number of ether oxygens (including phenoxy) is 1. The topological polar surface area (TPSA) is 71.5 Å². The van der Waals surface area contributed by atoms with Crippen molar-refractivity contribution < 1.29 is 14.6 Å². The van der Waals surface area contributed by atoms with Crippen molar-refractivity contribution in [2.45, 2.75) is 26.7 Å². The van der Waals surface area contributed by atoms with Crippen LogP contribution >= 0.6 is 11.3 Å². The standard InChI is InChI=1S/C16H20N2O3S/c1-3-4-12-5-7-13(8-6-12)21-10-9-17-16-18-11(2)14(22-16)15(19)20/h5-8H,3-4,9-10H2,1-2H3,(H,17,18)(H,19,20). The lowest BCUT2D eigenvalue weighted by Gasteiger charge is -2.07. The first-order valence-corrected chi connectivity index (χ1v) is 8.08. The molecule has 0 unspecified atom stereocenters. The Kier molecular flexibility index (Phi) is 5.77. The molecule has 0 aliphatic rings. The van der Waals surface area contributed by atoms with Gasteiger partial charge in [-0.2, -0.15) is 0 Å². The SMILES string of the molecule is CCCc1ccc(OCCNc2nc(C)c(C(=O)O)s2)cc1. The maximum atomic E-state index is 10.9. The highest BCUT2D eigenvalue weighted by molar-refractivity contribution is 7.17. The van der Waals surface area contributed by atoms with E-state index in [0.29, 0.717) is 24.0 Å². The van der Waals surface area contributed by atoms with Crippen molar-refractivity contribution in [1.82, 2.24) is 4.98 Å². The van der Waals surface area contributed by atoms with Gasteiger partial charge < -0.3 is 15.2 Å². The fourth-order valence-corrected chi connectivity index (χ4v) is 2.87. The number of thiazole rings is 1. The number of anilines is 1. The number of hydrogen-bond acceptors (Lipinski definition) is 5. The molecular weight excluding hydrogens is 300 g/mol. The summed E-state index contributed by atoms with van der Waals surface area (Å²) < 4.78 is 5.64. The van der Waals surface area contributed by atoms with Gasteiger partial charge in [0.25, 0.3) is 0 Å². The summed E-state index contributed by atoms with van der Waals surface area (Å²) in [5.74, 6) is -0.102. The Balaban J connectivity index is 1.77. The molecule has 2 rings (SSSR count). The molecule has 5 nitrogen and oxygen atoms in total. The van der Waals surface area contributed by atoms with Crippen LogP contribution in [0.15, 0.2) is 24.3 Å². The lowest BCUT2D eigenvalue weighted by Crippen LogP contribution is -2.11. The number of carboxylic acids is 1. The fourth-order valence-electron chi connectivity index (χ4n) is 2.04. The van der Waals surface area contributed by atoms with Crippen LogP contribution in [0, 0.1) is 6.92 Å². The van der Waals surface area contributed by atoms with Crippen LogP contribution in [0.4, 0.5) is 5.13 Å². The second-order valence-corrected chi connectivity index (χ2v) is 5.91. The number of nitrogens with one attached hydrogen (secondary N) is 1. The summed E-state index contributed by atoms with van der Waals surface area (Å²) in [6.45, 7) is 4.92. The molecule has 6 heteroatoms. The molecule has 0 atom stereocenters. The lowest BCUT2D eigenvalue weighted by molar-refractivity contribution is 0.0701. The van der Waals surface area contributed by atoms with E-state index in [1.165, 1.54) is 5.56 Å². The summed E-state index contributed by atoms with van der Waals surface area (Å²) in [5.41, 5.74) is 1.85. The van der Waals surface area contributed by atoms with Crippen molar-refractivity contribution in [2.75, 3.05) is 18.5 Å². The Morgan fingerprint density at radius 1 is 1.36 bits per heavy atom. The predicted octanol–water partition coefficient (Wildman–Crippen LogP) is 3.59. The van der Waals surface area contributed by atoms with Crippen molar-refractivity contribution in [1.29, 1.82) is 0 Å². The summed E-state index contributed by atoms with van der Waals surface area (Å²) in [5, 5.41) is 12.7. The molecule has 0 fully saturated rings. The van der Waals surface area contributed by atoms with Crippen molar-refractivity contribution in [3.63, 3.8) is 0 Å². The number of hydrogen-bond donors (Lipinski definition) is 2. The highest BCUT2D eigenvalue weighted by Crippen LogP contribution is 2.22. The van der Waals surface area contributed by atoms with Crippen LogP contribution in [0.3, 0.4) is 0 Å². The highest BCUT2D eigenvalue weighted by atomic mass is 32.1. The summed E-state index contributed by atoms with van der Waals surface area (Å²) >= 11 is 1.14. The molecule has 0 aliphatic carbocycles. The van der Waals surface area contributed by atoms with E-state index in [4.69, 9.17) is 9.84 Å². The van der Waals surface area contributed by atoms with Crippen molar-refractivity contribution >= 4 is 22.4 Å². The second kappa shape index (κ2) is 7.79. The molecule has 0 radical (unpaired) electrons. The van der Waals surface area contributed by atoms with Crippen LogP contribution in [0.1, 0.15) is 34.3 Å². The second-order valence-electron chi connectivity index (χ2n) is 4.91. The summed E-state index contributed by atoms with van der Waals surface area (Å²) in [4.78, 5) is 15.4. The van der Waals surface area contributed by atoms with Gasteiger partial charge in [0.15, 0.2) is 5.13 Å². The molecule has 2 N–H and O–H groups in total. The minimum Gasteiger partial charge on any atom is -0.492 e. The minimum absolute atomic E-state index is 0.273. The number of benzene rings is 1. The van der Waals surface area contributed by atoms with Crippen molar-refractivity contribution in [3.8, 4) is 5.75 Å².